The van der Waals surface area contributed by atoms with Crippen LogP contribution in [0.25, 0.3) is 5.69 Å². The van der Waals surface area contributed by atoms with E-state index in [2.05, 4.69) is 30.3 Å². The number of carbonyl (C=O) groups is 1. The number of hydrogen-bond acceptors (Lipinski definition) is 2. The summed E-state index contributed by atoms with van der Waals surface area (Å²) in [5, 5.41) is 7.63. The van der Waals surface area contributed by atoms with Crippen molar-refractivity contribution in [2.75, 3.05) is 5.32 Å². The monoisotopic (exact) mass is 347 g/mol. The number of aromatic nitrogens is 2. The third-order valence-electron chi connectivity index (χ3n) is 4.62. The fourth-order valence-electron chi connectivity index (χ4n) is 3.09. The van der Waals surface area contributed by atoms with Gasteiger partial charge in [0.2, 0.25) is 5.91 Å². The minimum Gasteiger partial charge on any atom is -0.326 e. The van der Waals surface area contributed by atoms with E-state index in [9.17, 15) is 4.79 Å². The number of aryl methyl sites for hydroxylation is 1. The van der Waals surface area contributed by atoms with Crippen molar-refractivity contribution in [3.05, 3.63) is 77.1 Å². The van der Waals surface area contributed by atoms with E-state index >= 15 is 0 Å². The van der Waals surface area contributed by atoms with E-state index in [1.54, 1.807) is 0 Å². The molecule has 4 heteroatoms. The summed E-state index contributed by atoms with van der Waals surface area (Å²) in [4.78, 5) is 12.6. The van der Waals surface area contributed by atoms with Crippen molar-refractivity contribution in [1.82, 2.24) is 9.78 Å². The molecule has 0 radical (unpaired) electrons. The molecule has 0 fully saturated rings. The summed E-state index contributed by atoms with van der Waals surface area (Å²) in [6.07, 6.45) is 0.316. The molecule has 0 aliphatic heterocycles. The van der Waals surface area contributed by atoms with Crippen LogP contribution < -0.4 is 5.32 Å². The third kappa shape index (κ3) is 3.85. The lowest BCUT2D eigenvalue weighted by molar-refractivity contribution is -0.115. The van der Waals surface area contributed by atoms with Crippen molar-refractivity contribution < 1.29 is 4.79 Å². The molecular formula is C22H25N3O. The molecule has 0 aliphatic carbocycles. The van der Waals surface area contributed by atoms with Gasteiger partial charge in [-0.25, -0.2) is 4.68 Å². The Kier molecular flexibility index (Phi) is 5.21. The molecule has 134 valence electrons. The molecule has 0 saturated heterocycles. The van der Waals surface area contributed by atoms with Gasteiger partial charge in [-0.15, -0.1) is 0 Å². The third-order valence-corrected chi connectivity index (χ3v) is 4.62. The number of hydrogen-bond donors (Lipinski definition) is 1. The van der Waals surface area contributed by atoms with Gasteiger partial charge in [0.05, 0.1) is 17.8 Å². The quantitative estimate of drug-likeness (QED) is 0.721. The Balaban J connectivity index is 1.78. The average Bonchev–Trinajstić information content (AvgIpc) is 2.91. The van der Waals surface area contributed by atoms with Gasteiger partial charge in [-0.1, -0.05) is 44.2 Å². The first-order valence-electron chi connectivity index (χ1n) is 8.96. The Bertz CT molecular complexity index is 910. The molecule has 1 amide bonds. The van der Waals surface area contributed by atoms with Crippen LogP contribution in [0.4, 0.5) is 5.69 Å². The fraction of sp³-hybridized carbons (Fsp3) is 0.273. The van der Waals surface area contributed by atoms with Gasteiger partial charge in [0.1, 0.15) is 0 Å². The van der Waals surface area contributed by atoms with Crippen LogP contribution in [0.5, 0.6) is 0 Å². The largest absolute Gasteiger partial charge is 0.326 e. The molecule has 3 aromatic rings. The van der Waals surface area contributed by atoms with Crippen molar-refractivity contribution in [2.24, 2.45) is 0 Å². The Hall–Kier alpha value is -2.88. The topological polar surface area (TPSA) is 46.9 Å². The number of para-hydroxylation sites is 1. The lowest BCUT2D eigenvalue weighted by Gasteiger charge is -2.10. The van der Waals surface area contributed by atoms with Gasteiger partial charge in [-0.2, -0.15) is 5.10 Å². The lowest BCUT2D eigenvalue weighted by atomic mass is 10.0. The van der Waals surface area contributed by atoms with E-state index in [-0.39, 0.29) is 5.91 Å². The Labute approximate surface area is 154 Å². The number of benzene rings is 2. The minimum absolute atomic E-state index is 0.0234. The van der Waals surface area contributed by atoms with Gasteiger partial charge >= 0.3 is 0 Å². The standard InChI is InChI=1S/C22H25N3O/c1-15(2)18-9-8-10-19(13-18)23-22(26)14-21-16(3)24-25(17(21)4)20-11-6-5-7-12-20/h5-13,15H,14H2,1-4H3,(H,23,26). The first kappa shape index (κ1) is 17.9. The summed E-state index contributed by atoms with van der Waals surface area (Å²) in [7, 11) is 0. The molecular weight excluding hydrogens is 322 g/mol. The number of rotatable bonds is 5. The maximum Gasteiger partial charge on any atom is 0.228 e. The second-order valence-electron chi connectivity index (χ2n) is 6.90. The van der Waals surface area contributed by atoms with Crippen LogP contribution in [-0.4, -0.2) is 15.7 Å². The van der Waals surface area contributed by atoms with Crippen LogP contribution in [0.3, 0.4) is 0 Å². The molecule has 1 heterocycles. The predicted molar refractivity (Wildman–Crippen MR) is 106 cm³/mol. The summed E-state index contributed by atoms with van der Waals surface area (Å²) >= 11 is 0. The van der Waals surface area contributed by atoms with Crippen LogP contribution in [0.2, 0.25) is 0 Å². The van der Waals surface area contributed by atoms with E-state index < -0.39 is 0 Å². The number of carbonyl (C=O) groups excluding carboxylic acids is 1. The second kappa shape index (κ2) is 7.56. The van der Waals surface area contributed by atoms with Gasteiger partial charge in [-0.3, -0.25) is 4.79 Å². The van der Waals surface area contributed by atoms with Crippen LogP contribution in [0.15, 0.2) is 54.6 Å². The molecule has 26 heavy (non-hydrogen) atoms. The summed E-state index contributed by atoms with van der Waals surface area (Å²) in [5.41, 5.74) is 5.92. The Morgan fingerprint density at radius 3 is 2.50 bits per heavy atom. The van der Waals surface area contributed by atoms with Crippen molar-refractivity contribution >= 4 is 11.6 Å². The molecule has 0 bridgehead atoms. The molecule has 1 N–H and O–H groups in total. The first-order valence-corrected chi connectivity index (χ1v) is 8.96. The molecule has 0 unspecified atom stereocenters. The fourth-order valence-corrected chi connectivity index (χ4v) is 3.09. The van der Waals surface area contributed by atoms with E-state index in [0.29, 0.717) is 12.3 Å². The van der Waals surface area contributed by atoms with Gasteiger partial charge in [0.15, 0.2) is 0 Å². The molecule has 4 nitrogen and oxygen atoms in total. The maximum atomic E-state index is 12.6. The van der Waals surface area contributed by atoms with Crippen molar-refractivity contribution in [3.8, 4) is 5.69 Å². The highest BCUT2D eigenvalue weighted by atomic mass is 16.1. The number of nitrogens with one attached hydrogen (secondary N) is 1. The minimum atomic E-state index is -0.0234. The van der Waals surface area contributed by atoms with Crippen LogP contribution in [0.1, 0.15) is 42.3 Å². The molecule has 0 spiro atoms. The van der Waals surface area contributed by atoms with Crippen LogP contribution in [0, 0.1) is 13.8 Å². The van der Waals surface area contributed by atoms with E-state index in [4.69, 9.17) is 0 Å². The normalized spacial score (nSPS) is 11.0. The predicted octanol–water partition coefficient (Wildman–Crippen LogP) is 4.79. The highest BCUT2D eigenvalue weighted by Gasteiger charge is 2.16. The summed E-state index contributed by atoms with van der Waals surface area (Å²) < 4.78 is 1.90. The highest BCUT2D eigenvalue weighted by molar-refractivity contribution is 5.92. The molecule has 3 rings (SSSR count). The zero-order valence-corrected chi connectivity index (χ0v) is 15.8. The van der Waals surface area contributed by atoms with Gasteiger partial charge < -0.3 is 5.32 Å². The van der Waals surface area contributed by atoms with Gasteiger partial charge in [0, 0.05) is 16.9 Å². The maximum absolute atomic E-state index is 12.6. The van der Waals surface area contributed by atoms with Gasteiger partial charge in [-0.05, 0) is 49.6 Å². The smallest absolute Gasteiger partial charge is 0.228 e. The molecule has 1 aromatic heterocycles. The van der Waals surface area contributed by atoms with E-state index in [0.717, 1.165) is 28.3 Å². The highest BCUT2D eigenvalue weighted by Crippen LogP contribution is 2.21. The number of nitrogens with zero attached hydrogens (tertiary/aromatic N) is 2. The zero-order valence-electron chi connectivity index (χ0n) is 15.8. The Morgan fingerprint density at radius 2 is 1.81 bits per heavy atom. The van der Waals surface area contributed by atoms with E-state index in [1.807, 2.05) is 67.1 Å². The first-order chi connectivity index (χ1) is 12.5. The van der Waals surface area contributed by atoms with Crippen molar-refractivity contribution in [3.63, 3.8) is 0 Å². The summed E-state index contributed by atoms with van der Waals surface area (Å²) in [6, 6.07) is 18.0. The SMILES string of the molecule is Cc1nn(-c2ccccc2)c(C)c1CC(=O)Nc1cccc(C(C)C)c1. The van der Waals surface area contributed by atoms with Crippen LogP contribution in [-0.2, 0) is 11.2 Å². The summed E-state index contributed by atoms with van der Waals surface area (Å²) in [5.74, 6) is 0.408. The molecule has 0 aliphatic rings. The summed E-state index contributed by atoms with van der Waals surface area (Å²) in [6.45, 7) is 8.25. The average molecular weight is 347 g/mol. The van der Waals surface area contributed by atoms with Crippen molar-refractivity contribution in [2.45, 2.75) is 40.0 Å². The lowest BCUT2D eigenvalue weighted by Crippen LogP contribution is -2.15. The molecule has 0 atom stereocenters. The zero-order chi connectivity index (χ0) is 18.7. The second-order valence-corrected chi connectivity index (χ2v) is 6.90. The molecule has 0 saturated carbocycles. The van der Waals surface area contributed by atoms with Gasteiger partial charge in [0.25, 0.3) is 0 Å². The number of anilines is 1. The van der Waals surface area contributed by atoms with E-state index in [1.165, 1.54) is 5.56 Å². The van der Waals surface area contributed by atoms with Crippen LogP contribution >= 0.6 is 0 Å². The Morgan fingerprint density at radius 1 is 1.08 bits per heavy atom. The number of amides is 1. The molecule has 2 aromatic carbocycles. The van der Waals surface area contributed by atoms with Crippen molar-refractivity contribution in [1.29, 1.82) is 0 Å².